The maximum absolute atomic E-state index is 12.3. The second kappa shape index (κ2) is 5.72. The van der Waals surface area contributed by atoms with Gasteiger partial charge in [-0.25, -0.2) is 0 Å². The van der Waals surface area contributed by atoms with Crippen LogP contribution in [0.2, 0.25) is 0 Å². The number of aromatic nitrogens is 1. The highest BCUT2D eigenvalue weighted by Crippen LogP contribution is 2.30. The number of hydrogen-bond donors (Lipinski definition) is 2. The lowest BCUT2D eigenvalue weighted by Crippen LogP contribution is -2.27. The summed E-state index contributed by atoms with van der Waals surface area (Å²) < 4.78 is 0. The van der Waals surface area contributed by atoms with Crippen LogP contribution >= 0.6 is 0 Å². The summed E-state index contributed by atoms with van der Waals surface area (Å²) in [6.45, 7) is 1.25. The lowest BCUT2D eigenvalue weighted by atomic mass is 9.97. The molecule has 0 spiro atoms. The number of amides is 1. The monoisotopic (exact) mass is 303 g/mol. The van der Waals surface area contributed by atoms with Crippen molar-refractivity contribution in [1.29, 1.82) is 0 Å². The third-order valence-corrected chi connectivity index (χ3v) is 4.30. The first-order valence-corrected chi connectivity index (χ1v) is 7.76. The van der Waals surface area contributed by atoms with Crippen molar-refractivity contribution >= 4 is 23.0 Å². The minimum absolute atomic E-state index is 0.00834. The van der Waals surface area contributed by atoms with E-state index >= 15 is 0 Å². The standard InChI is InChI=1S/C19H17N3O/c23-19-15-7-4-8-17-18(15)16(12-21-17)14(11-22-19)10-20-9-13-5-2-1-3-6-13/h1-9,12,14,21H,10-11H2,(H,22,23). The Kier molecular flexibility index (Phi) is 3.42. The number of hydrogen-bond acceptors (Lipinski definition) is 2. The van der Waals surface area contributed by atoms with Crippen molar-refractivity contribution in [2.75, 3.05) is 13.1 Å². The van der Waals surface area contributed by atoms with Gasteiger partial charge in [0.15, 0.2) is 0 Å². The van der Waals surface area contributed by atoms with Crippen LogP contribution in [0.25, 0.3) is 10.9 Å². The van der Waals surface area contributed by atoms with E-state index in [0.717, 1.165) is 22.0 Å². The van der Waals surface area contributed by atoms with Crippen LogP contribution in [0.3, 0.4) is 0 Å². The summed E-state index contributed by atoms with van der Waals surface area (Å²) in [6, 6.07) is 15.8. The summed E-state index contributed by atoms with van der Waals surface area (Å²) in [7, 11) is 0. The molecule has 2 N–H and O–H groups in total. The van der Waals surface area contributed by atoms with Crippen LogP contribution in [-0.4, -0.2) is 30.2 Å². The van der Waals surface area contributed by atoms with Gasteiger partial charge in [0, 0.05) is 47.9 Å². The fourth-order valence-corrected chi connectivity index (χ4v) is 3.13. The molecule has 1 unspecified atom stereocenters. The fourth-order valence-electron chi connectivity index (χ4n) is 3.13. The largest absolute Gasteiger partial charge is 0.361 e. The van der Waals surface area contributed by atoms with Crippen molar-refractivity contribution in [1.82, 2.24) is 10.3 Å². The molecule has 2 heterocycles. The molecule has 3 aromatic rings. The van der Waals surface area contributed by atoms with E-state index in [4.69, 9.17) is 0 Å². The third kappa shape index (κ3) is 2.52. The zero-order valence-corrected chi connectivity index (χ0v) is 12.6. The molecule has 4 rings (SSSR count). The molecule has 0 saturated carbocycles. The highest BCUT2D eigenvalue weighted by atomic mass is 16.1. The number of H-pyrrole nitrogens is 1. The van der Waals surface area contributed by atoms with Crippen LogP contribution in [0.5, 0.6) is 0 Å². The van der Waals surface area contributed by atoms with Gasteiger partial charge in [0.2, 0.25) is 0 Å². The normalized spacial score (nSPS) is 17.4. The van der Waals surface area contributed by atoms with Crippen molar-refractivity contribution in [2.45, 2.75) is 5.92 Å². The van der Waals surface area contributed by atoms with E-state index in [0.29, 0.717) is 13.1 Å². The van der Waals surface area contributed by atoms with Gasteiger partial charge in [-0.2, -0.15) is 0 Å². The van der Waals surface area contributed by atoms with Gasteiger partial charge in [0.25, 0.3) is 5.91 Å². The number of aliphatic imine (C=N–C) groups is 1. The Morgan fingerprint density at radius 1 is 1.13 bits per heavy atom. The summed E-state index contributed by atoms with van der Waals surface area (Å²) in [6.07, 6.45) is 3.90. The molecule has 1 atom stereocenters. The molecule has 4 heteroatoms. The topological polar surface area (TPSA) is 57.2 Å². The number of carbonyl (C=O) groups excluding carboxylic acids is 1. The highest BCUT2D eigenvalue weighted by molar-refractivity contribution is 6.08. The molecular formula is C19H17N3O. The number of carbonyl (C=O) groups is 1. The molecule has 1 aliphatic rings. The van der Waals surface area contributed by atoms with Gasteiger partial charge < -0.3 is 10.3 Å². The maximum atomic E-state index is 12.3. The van der Waals surface area contributed by atoms with Gasteiger partial charge in [0.1, 0.15) is 0 Å². The predicted molar refractivity (Wildman–Crippen MR) is 92.3 cm³/mol. The molecule has 1 aromatic heterocycles. The van der Waals surface area contributed by atoms with E-state index in [9.17, 15) is 4.79 Å². The second-order valence-corrected chi connectivity index (χ2v) is 5.78. The first kappa shape index (κ1) is 13.8. The van der Waals surface area contributed by atoms with Crippen molar-refractivity contribution in [3.8, 4) is 0 Å². The fraction of sp³-hybridized carbons (Fsp3) is 0.158. The number of nitrogens with zero attached hydrogens (tertiary/aromatic N) is 1. The van der Waals surface area contributed by atoms with Gasteiger partial charge in [-0.1, -0.05) is 36.4 Å². The number of rotatable bonds is 3. The van der Waals surface area contributed by atoms with E-state index < -0.39 is 0 Å². The summed E-state index contributed by atoms with van der Waals surface area (Å²) in [5.41, 5.74) is 4.00. The molecule has 0 saturated heterocycles. The van der Waals surface area contributed by atoms with E-state index in [-0.39, 0.29) is 11.8 Å². The van der Waals surface area contributed by atoms with Crippen molar-refractivity contribution in [2.24, 2.45) is 4.99 Å². The van der Waals surface area contributed by atoms with Crippen LogP contribution in [0.1, 0.15) is 27.4 Å². The summed E-state index contributed by atoms with van der Waals surface area (Å²) in [5, 5.41) is 4.04. The number of benzene rings is 2. The van der Waals surface area contributed by atoms with Crippen molar-refractivity contribution in [3.05, 3.63) is 71.4 Å². The van der Waals surface area contributed by atoms with Gasteiger partial charge in [0.05, 0.1) is 0 Å². The Bertz CT molecular complexity index is 880. The Hall–Kier alpha value is -2.88. The SMILES string of the molecule is O=C1NCC(CN=Cc2ccccc2)c2c[nH]c3cccc1c23. The van der Waals surface area contributed by atoms with Crippen LogP contribution in [-0.2, 0) is 0 Å². The Balaban J connectivity index is 1.65. The van der Waals surface area contributed by atoms with Crippen LogP contribution < -0.4 is 5.32 Å². The van der Waals surface area contributed by atoms with E-state index in [1.807, 2.05) is 60.9 Å². The molecule has 1 amide bonds. The van der Waals surface area contributed by atoms with E-state index in [1.54, 1.807) is 0 Å². The summed E-state index contributed by atoms with van der Waals surface area (Å²) in [5.74, 6) is 0.169. The predicted octanol–water partition coefficient (Wildman–Crippen LogP) is 3.11. The van der Waals surface area contributed by atoms with Gasteiger partial charge in [-0.3, -0.25) is 9.79 Å². The molecule has 0 bridgehead atoms. The summed E-state index contributed by atoms with van der Waals surface area (Å²) in [4.78, 5) is 20.1. The first-order chi connectivity index (χ1) is 11.3. The number of aromatic amines is 1. The lowest BCUT2D eigenvalue weighted by Gasteiger charge is -2.11. The van der Waals surface area contributed by atoms with Gasteiger partial charge in [-0.15, -0.1) is 0 Å². The maximum Gasteiger partial charge on any atom is 0.252 e. The molecule has 2 aromatic carbocycles. The smallest absolute Gasteiger partial charge is 0.252 e. The van der Waals surface area contributed by atoms with Crippen LogP contribution in [0.15, 0.2) is 59.7 Å². The summed E-state index contributed by atoms with van der Waals surface area (Å²) >= 11 is 0. The average Bonchev–Trinajstić information content (AvgIpc) is 2.96. The minimum atomic E-state index is -0.00834. The quantitative estimate of drug-likeness (QED) is 0.718. The second-order valence-electron chi connectivity index (χ2n) is 5.78. The van der Waals surface area contributed by atoms with Crippen molar-refractivity contribution < 1.29 is 4.79 Å². The highest BCUT2D eigenvalue weighted by Gasteiger charge is 2.24. The first-order valence-electron chi connectivity index (χ1n) is 7.76. The molecule has 1 aliphatic heterocycles. The van der Waals surface area contributed by atoms with Gasteiger partial charge in [-0.05, 0) is 23.3 Å². The average molecular weight is 303 g/mol. The Labute approximate surface area is 134 Å². The van der Waals surface area contributed by atoms with E-state index in [2.05, 4.69) is 15.3 Å². The van der Waals surface area contributed by atoms with Crippen LogP contribution in [0, 0.1) is 0 Å². The molecule has 4 nitrogen and oxygen atoms in total. The lowest BCUT2D eigenvalue weighted by molar-refractivity contribution is 0.0955. The van der Waals surface area contributed by atoms with Crippen LogP contribution in [0.4, 0.5) is 0 Å². The molecule has 0 fully saturated rings. The zero-order valence-electron chi connectivity index (χ0n) is 12.6. The Morgan fingerprint density at radius 2 is 2.00 bits per heavy atom. The van der Waals surface area contributed by atoms with Crippen molar-refractivity contribution in [3.63, 3.8) is 0 Å². The molecule has 0 aliphatic carbocycles. The molecule has 0 radical (unpaired) electrons. The molecule has 114 valence electrons. The third-order valence-electron chi connectivity index (χ3n) is 4.30. The zero-order chi connectivity index (χ0) is 15.6. The van der Waals surface area contributed by atoms with E-state index in [1.165, 1.54) is 5.56 Å². The molecule has 23 heavy (non-hydrogen) atoms. The van der Waals surface area contributed by atoms with Gasteiger partial charge >= 0.3 is 0 Å². The minimum Gasteiger partial charge on any atom is -0.361 e. The molecular weight excluding hydrogens is 286 g/mol. The Morgan fingerprint density at radius 3 is 2.87 bits per heavy atom. The number of nitrogens with one attached hydrogen (secondary N) is 2.